The van der Waals surface area contributed by atoms with Gasteiger partial charge in [-0.1, -0.05) is 11.6 Å². The van der Waals surface area contributed by atoms with Crippen molar-refractivity contribution in [1.82, 2.24) is 10.3 Å². The van der Waals surface area contributed by atoms with Gasteiger partial charge < -0.3 is 10.1 Å². The molecule has 19 heavy (non-hydrogen) atoms. The first-order valence-corrected chi connectivity index (χ1v) is 6.10. The Morgan fingerprint density at radius 1 is 1.63 bits per heavy atom. The first-order chi connectivity index (χ1) is 9.06. The zero-order valence-electron chi connectivity index (χ0n) is 10.4. The zero-order valence-corrected chi connectivity index (χ0v) is 11.1. The molecule has 7 nitrogen and oxygen atoms in total. The molecule has 104 valence electrons. The Hall–Kier alpha value is -1.73. The fourth-order valence-corrected chi connectivity index (χ4v) is 1.52. The van der Waals surface area contributed by atoms with E-state index < -0.39 is 10.8 Å². The van der Waals surface area contributed by atoms with E-state index in [2.05, 4.69) is 10.3 Å². The topological polar surface area (TPSA) is 94.4 Å². The number of aromatic nitrogens is 1. The maximum absolute atomic E-state index is 11.8. The van der Waals surface area contributed by atoms with Gasteiger partial charge in [0.15, 0.2) is 0 Å². The van der Waals surface area contributed by atoms with Crippen molar-refractivity contribution in [3.8, 4) is 0 Å². The van der Waals surface area contributed by atoms with Crippen LogP contribution in [0.1, 0.15) is 23.7 Å². The molecule has 0 saturated heterocycles. The van der Waals surface area contributed by atoms with Crippen molar-refractivity contribution in [2.24, 2.45) is 0 Å². The van der Waals surface area contributed by atoms with Crippen molar-refractivity contribution < 1.29 is 14.5 Å². The maximum atomic E-state index is 11.8. The van der Waals surface area contributed by atoms with Crippen LogP contribution in [0.15, 0.2) is 12.3 Å². The van der Waals surface area contributed by atoms with E-state index in [1.807, 2.05) is 6.92 Å². The summed E-state index contributed by atoms with van der Waals surface area (Å²) in [6.45, 7) is 3.38. The van der Waals surface area contributed by atoms with Gasteiger partial charge in [0, 0.05) is 19.8 Å². The number of hydrogen-bond donors (Lipinski definition) is 1. The normalized spacial score (nSPS) is 10.2. The molecule has 1 aromatic heterocycles. The molecule has 0 fully saturated rings. The fraction of sp³-hybridized carbons (Fsp3) is 0.455. The predicted octanol–water partition coefficient (Wildman–Crippen LogP) is 1.80. The van der Waals surface area contributed by atoms with Crippen molar-refractivity contribution in [2.75, 3.05) is 19.8 Å². The van der Waals surface area contributed by atoms with Gasteiger partial charge in [0.25, 0.3) is 11.6 Å². The lowest BCUT2D eigenvalue weighted by atomic mass is 10.2. The Bertz CT molecular complexity index is 467. The molecule has 1 heterocycles. The second kappa shape index (κ2) is 7.65. The summed E-state index contributed by atoms with van der Waals surface area (Å²) in [6, 6.07) is 1.18. The van der Waals surface area contributed by atoms with Crippen LogP contribution in [0.25, 0.3) is 0 Å². The summed E-state index contributed by atoms with van der Waals surface area (Å²) in [7, 11) is 0. The van der Waals surface area contributed by atoms with E-state index in [0.717, 1.165) is 6.20 Å². The lowest BCUT2D eigenvalue weighted by molar-refractivity contribution is -0.385. The van der Waals surface area contributed by atoms with Crippen LogP contribution >= 0.6 is 11.6 Å². The molecular formula is C11H14ClN3O4. The Labute approximate surface area is 115 Å². The highest BCUT2D eigenvalue weighted by Gasteiger charge is 2.20. The summed E-state index contributed by atoms with van der Waals surface area (Å²) < 4.78 is 5.11. The van der Waals surface area contributed by atoms with Gasteiger partial charge in [-0.25, -0.2) is 4.98 Å². The van der Waals surface area contributed by atoms with E-state index in [-0.39, 0.29) is 16.4 Å². The Morgan fingerprint density at radius 2 is 2.37 bits per heavy atom. The summed E-state index contributed by atoms with van der Waals surface area (Å²) in [5.74, 6) is -0.549. The number of hydrogen-bond acceptors (Lipinski definition) is 5. The minimum Gasteiger partial charge on any atom is -0.382 e. The number of nitrogens with zero attached hydrogens (tertiary/aromatic N) is 2. The summed E-state index contributed by atoms with van der Waals surface area (Å²) >= 11 is 5.63. The quantitative estimate of drug-likeness (QED) is 0.357. The number of nitro groups is 1. The molecule has 0 aliphatic heterocycles. The minimum absolute atomic E-state index is 0.0325. The van der Waals surface area contributed by atoms with Crippen molar-refractivity contribution in [2.45, 2.75) is 13.3 Å². The smallest absolute Gasteiger partial charge is 0.300 e. The molecule has 0 radical (unpaired) electrons. The van der Waals surface area contributed by atoms with Crippen LogP contribution in [0.3, 0.4) is 0 Å². The van der Waals surface area contributed by atoms with Gasteiger partial charge in [-0.15, -0.1) is 0 Å². The summed E-state index contributed by atoms with van der Waals surface area (Å²) in [5.41, 5.74) is -0.465. The zero-order chi connectivity index (χ0) is 14.3. The highest BCUT2D eigenvalue weighted by Crippen LogP contribution is 2.20. The second-order valence-electron chi connectivity index (χ2n) is 3.59. The van der Waals surface area contributed by atoms with Gasteiger partial charge in [0.2, 0.25) is 0 Å². The van der Waals surface area contributed by atoms with Crippen molar-refractivity contribution in [1.29, 1.82) is 0 Å². The first kappa shape index (κ1) is 15.3. The molecular weight excluding hydrogens is 274 g/mol. The Morgan fingerprint density at radius 3 is 3.00 bits per heavy atom. The lowest BCUT2D eigenvalue weighted by Crippen LogP contribution is -2.26. The average Bonchev–Trinajstić information content (AvgIpc) is 2.37. The van der Waals surface area contributed by atoms with E-state index in [9.17, 15) is 14.9 Å². The molecule has 0 aromatic carbocycles. The molecule has 0 saturated carbocycles. The second-order valence-corrected chi connectivity index (χ2v) is 3.97. The maximum Gasteiger partial charge on any atom is 0.300 e. The number of carbonyl (C=O) groups is 1. The van der Waals surface area contributed by atoms with Crippen LogP contribution < -0.4 is 5.32 Å². The molecule has 1 N–H and O–H groups in total. The van der Waals surface area contributed by atoms with Gasteiger partial charge in [-0.2, -0.15) is 0 Å². The SMILES string of the molecule is CCOCCCNC(=O)c1cc(Cl)ncc1[N+](=O)[O-]. The molecule has 1 amide bonds. The van der Waals surface area contributed by atoms with Crippen LogP contribution in [0.2, 0.25) is 5.15 Å². The van der Waals surface area contributed by atoms with Gasteiger partial charge in [-0.3, -0.25) is 14.9 Å². The molecule has 0 bridgehead atoms. The number of ether oxygens (including phenoxy) is 1. The monoisotopic (exact) mass is 287 g/mol. The van der Waals surface area contributed by atoms with Crippen LogP contribution in [0, 0.1) is 10.1 Å². The van der Waals surface area contributed by atoms with Gasteiger partial charge in [0.05, 0.1) is 4.92 Å². The Balaban J connectivity index is 2.65. The summed E-state index contributed by atoms with van der Waals surface area (Å²) in [4.78, 5) is 25.5. The van der Waals surface area contributed by atoms with Crippen molar-refractivity contribution in [3.63, 3.8) is 0 Å². The lowest BCUT2D eigenvalue weighted by Gasteiger charge is -2.06. The van der Waals surface area contributed by atoms with Crippen molar-refractivity contribution >= 4 is 23.2 Å². The van der Waals surface area contributed by atoms with E-state index in [1.54, 1.807) is 0 Å². The Kier molecular flexibility index (Phi) is 6.17. The van der Waals surface area contributed by atoms with Crippen molar-refractivity contribution in [3.05, 3.63) is 33.1 Å². The highest BCUT2D eigenvalue weighted by atomic mass is 35.5. The molecule has 0 unspecified atom stereocenters. The van der Waals surface area contributed by atoms with E-state index in [4.69, 9.17) is 16.3 Å². The highest BCUT2D eigenvalue weighted by molar-refractivity contribution is 6.29. The van der Waals surface area contributed by atoms with Crippen LogP contribution in [-0.2, 0) is 4.74 Å². The van der Waals surface area contributed by atoms with Crippen LogP contribution in [0.5, 0.6) is 0 Å². The third-order valence-corrected chi connectivity index (χ3v) is 2.45. The third kappa shape index (κ3) is 4.80. The number of nitrogens with one attached hydrogen (secondary N) is 1. The third-order valence-electron chi connectivity index (χ3n) is 2.25. The number of halogens is 1. The summed E-state index contributed by atoms with van der Waals surface area (Å²) in [6.07, 6.45) is 1.60. The number of rotatable bonds is 7. The number of amides is 1. The van der Waals surface area contributed by atoms with E-state index >= 15 is 0 Å². The van der Waals surface area contributed by atoms with Gasteiger partial charge in [0.1, 0.15) is 16.9 Å². The molecule has 0 spiro atoms. The van der Waals surface area contributed by atoms with Gasteiger partial charge in [-0.05, 0) is 19.4 Å². The number of carbonyl (C=O) groups excluding carboxylic acids is 1. The van der Waals surface area contributed by atoms with E-state index in [1.165, 1.54) is 6.07 Å². The largest absolute Gasteiger partial charge is 0.382 e. The fourth-order valence-electron chi connectivity index (χ4n) is 1.37. The van der Waals surface area contributed by atoms with E-state index in [0.29, 0.717) is 26.2 Å². The van der Waals surface area contributed by atoms with Gasteiger partial charge >= 0.3 is 0 Å². The molecule has 1 aromatic rings. The molecule has 1 rings (SSSR count). The van der Waals surface area contributed by atoms with Crippen LogP contribution in [-0.4, -0.2) is 35.6 Å². The number of pyridine rings is 1. The first-order valence-electron chi connectivity index (χ1n) is 5.72. The standard InChI is InChI=1S/C11H14ClN3O4/c1-2-19-5-3-4-13-11(16)8-6-10(12)14-7-9(8)15(17)18/h6-7H,2-5H2,1H3,(H,13,16). The minimum atomic E-state index is -0.668. The van der Waals surface area contributed by atoms with Crippen LogP contribution in [0.4, 0.5) is 5.69 Å². The predicted molar refractivity (Wildman–Crippen MR) is 69.3 cm³/mol. The average molecular weight is 288 g/mol. The molecule has 0 atom stereocenters. The molecule has 8 heteroatoms. The summed E-state index contributed by atoms with van der Waals surface area (Å²) in [5, 5.41) is 13.4. The molecule has 0 aliphatic carbocycles. The molecule has 0 aliphatic rings.